The van der Waals surface area contributed by atoms with Gasteiger partial charge < -0.3 is 4.90 Å². The second-order valence-corrected chi connectivity index (χ2v) is 6.64. The molecular formula is C20H17N5O3. The number of hydrogen-bond acceptors (Lipinski definition) is 6. The predicted octanol–water partition coefficient (Wildman–Crippen LogP) is 2.59. The van der Waals surface area contributed by atoms with Gasteiger partial charge in [0.05, 0.1) is 22.9 Å². The summed E-state index contributed by atoms with van der Waals surface area (Å²) in [6.45, 7) is 0.198. The Bertz CT molecular complexity index is 1070. The molecule has 0 bridgehead atoms. The molecule has 1 amide bonds. The smallest absolute Gasteiger partial charge is 0.284 e. The third-order valence-electron chi connectivity index (χ3n) is 4.42. The van der Waals surface area contributed by atoms with Gasteiger partial charge in [0.1, 0.15) is 11.5 Å². The highest BCUT2D eigenvalue weighted by molar-refractivity contribution is 6.32. The van der Waals surface area contributed by atoms with Crippen LogP contribution in [0.2, 0.25) is 0 Å². The number of non-ortho nitro benzene ring substituents is 1. The van der Waals surface area contributed by atoms with E-state index in [0.717, 1.165) is 5.56 Å². The number of nitrogens with zero attached hydrogens (tertiary/aromatic N) is 5. The summed E-state index contributed by atoms with van der Waals surface area (Å²) >= 11 is 0. The zero-order valence-corrected chi connectivity index (χ0v) is 15.4. The van der Waals surface area contributed by atoms with Crippen molar-refractivity contribution in [1.29, 1.82) is 0 Å². The van der Waals surface area contributed by atoms with E-state index in [1.165, 1.54) is 17.0 Å². The quantitative estimate of drug-likeness (QED) is 0.468. The zero-order valence-electron chi connectivity index (χ0n) is 15.4. The first-order valence-corrected chi connectivity index (χ1v) is 8.64. The molecule has 0 unspecified atom stereocenters. The molecule has 0 aliphatic carbocycles. The predicted molar refractivity (Wildman–Crippen MR) is 107 cm³/mol. The minimum atomic E-state index is -0.452. The summed E-state index contributed by atoms with van der Waals surface area (Å²) in [5.41, 5.74) is 2.74. The van der Waals surface area contributed by atoms with E-state index in [9.17, 15) is 14.9 Å². The average molecular weight is 375 g/mol. The van der Waals surface area contributed by atoms with Crippen molar-refractivity contribution in [2.75, 3.05) is 25.5 Å². The standard InChI is InChI=1S/C20H17N5O3/c1-23(2)12-16-20(26)24-17-9-8-14(25(27)28)10-15(17)19(21-11-18(24)22-16)13-6-4-3-5-7-13/h3-10,12H,11H2,1-2H3. The Hall–Kier alpha value is -3.81. The third-order valence-corrected chi connectivity index (χ3v) is 4.42. The van der Waals surface area contributed by atoms with Crippen LogP contribution < -0.4 is 4.90 Å². The fourth-order valence-electron chi connectivity index (χ4n) is 3.25. The first-order valence-electron chi connectivity index (χ1n) is 8.64. The van der Waals surface area contributed by atoms with Crippen LogP contribution in [0.4, 0.5) is 11.4 Å². The molecule has 0 atom stereocenters. The molecule has 2 aliphatic heterocycles. The molecule has 0 radical (unpaired) electrons. The van der Waals surface area contributed by atoms with Gasteiger partial charge in [-0.2, -0.15) is 0 Å². The maximum Gasteiger partial charge on any atom is 0.284 e. The Kier molecular flexibility index (Phi) is 4.23. The lowest BCUT2D eigenvalue weighted by atomic mass is 9.99. The monoisotopic (exact) mass is 375 g/mol. The van der Waals surface area contributed by atoms with E-state index in [1.807, 2.05) is 44.4 Å². The Balaban J connectivity index is 1.93. The van der Waals surface area contributed by atoms with Crippen LogP contribution in [0, 0.1) is 10.1 Å². The highest BCUT2D eigenvalue weighted by atomic mass is 16.6. The molecule has 4 rings (SSSR count). The molecule has 2 heterocycles. The molecule has 8 heteroatoms. The summed E-state index contributed by atoms with van der Waals surface area (Å²) in [6, 6.07) is 13.9. The van der Waals surface area contributed by atoms with E-state index in [0.29, 0.717) is 28.5 Å². The molecule has 28 heavy (non-hydrogen) atoms. The second-order valence-electron chi connectivity index (χ2n) is 6.64. The van der Waals surface area contributed by atoms with Crippen LogP contribution in [0.5, 0.6) is 0 Å². The summed E-state index contributed by atoms with van der Waals surface area (Å²) in [7, 11) is 3.62. The lowest BCUT2D eigenvalue weighted by Crippen LogP contribution is -2.33. The Morgan fingerprint density at radius 3 is 2.61 bits per heavy atom. The minimum absolute atomic E-state index is 0.0570. The molecule has 8 nitrogen and oxygen atoms in total. The zero-order chi connectivity index (χ0) is 19.8. The molecule has 2 aromatic rings. The molecular weight excluding hydrogens is 358 g/mol. The van der Waals surface area contributed by atoms with Crippen molar-refractivity contribution >= 4 is 28.8 Å². The Morgan fingerprint density at radius 1 is 1.18 bits per heavy atom. The van der Waals surface area contributed by atoms with E-state index in [1.54, 1.807) is 17.2 Å². The average Bonchev–Trinajstić information content (AvgIpc) is 2.88. The summed E-state index contributed by atoms with van der Waals surface area (Å²) in [4.78, 5) is 36.2. The SMILES string of the molecule is CN(C)C=C1N=C2CN=C(c3ccccc3)c3cc([N+](=O)[O-])ccc3N2C1=O. The van der Waals surface area contributed by atoms with Crippen LogP contribution in [0.15, 0.2) is 70.4 Å². The van der Waals surface area contributed by atoms with Crippen molar-refractivity contribution in [2.45, 2.75) is 0 Å². The summed E-state index contributed by atoms with van der Waals surface area (Å²) < 4.78 is 0. The number of aliphatic imine (C=N–C) groups is 2. The maximum atomic E-state index is 13.0. The van der Waals surface area contributed by atoms with E-state index in [-0.39, 0.29) is 18.1 Å². The number of nitro benzene ring substituents is 1. The molecule has 0 saturated heterocycles. The van der Waals surface area contributed by atoms with Crippen LogP contribution >= 0.6 is 0 Å². The summed E-state index contributed by atoms with van der Waals surface area (Å²) in [6.07, 6.45) is 1.65. The van der Waals surface area contributed by atoms with Gasteiger partial charge in [0.2, 0.25) is 0 Å². The van der Waals surface area contributed by atoms with Crippen molar-refractivity contribution in [3.05, 3.63) is 81.7 Å². The van der Waals surface area contributed by atoms with Crippen molar-refractivity contribution in [1.82, 2.24) is 4.90 Å². The van der Waals surface area contributed by atoms with E-state index in [2.05, 4.69) is 9.98 Å². The molecule has 2 aromatic carbocycles. The van der Waals surface area contributed by atoms with Gasteiger partial charge in [0.15, 0.2) is 0 Å². The van der Waals surface area contributed by atoms with E-state index < -0.39 is 4.92 Å². The maximum absolute atomic E-state index is 13.0. The lowest BCUT2D eigenvalue weighted by Gasteiger charge is -2.18. The molecule has 0 saturated carbocycles. The van der Waals surface area contributed by atoms with E-state index >= 15 is 0 Å². The second kappa shape index (κ2) is 6.73. The summed E-state index contributed by atoms with van der Waals surface area (Å²) in [5.74, 6) is 0.224. The number of amidine groups is 1. The molecule has 0 spiro atoms. The number of nitro groups is 1. The van der Waals surface area contributed by atoms with Gasteiger partial charge in [-0.3, -0.25) is 24.8 Å². The number of carbonyl (C=O) groups excluding carboxylic acids is 1. The van der Waals surface area contributed by atoms with Gasteiger partial charge in [0.25, 0.3) is 11.6 Å². The number of fused-ring (bicyclic) bond motifs is 3. The van der Waals surface area contributed by atoms with Crippen LogP contribution in [0.1, 0.15) is 11.1 Å². The van der Waals surface area contributed by atoms with Crippen LogP contribution in [0.3, 0.4) is 0 Å². The Morgan fingerprint density at radius 2 is 1.93 bits per heavy atom. The molecule has 0 aromatic heterocycles. The fourth-order valence-corrected chi connectivity index (χ4v) is 3.25. The fraction of sp³-hybridized carbons (Fsp3) is 0.150. The van der Waals surface area contributed by atoms with Gasteiger partial charge in [-0.25, -0.2) is 4.99 Å². The van der Waals surface area contributed by atoms with Crippen LogP contribution in [-0.4, -0.2) is 47.9 Å². The number of anilines is 1. The highest BCUT2D eigenvalue weighted by Gasteiger charge is 2.36. The van der Waals surface area contributed by atoms with Crippen molar-refractivity contribution in [3.8, 4) is 0 Å². The number of amides is 1. The van der Waals surface area contributed by atoms with Gasteiger partial charge in [0, 0.05) is 43.6 Å². The molecule has 140 valence electrons. The van der Waals surface area contributed by atoms with Gasteiger partial charge >= 0.3 is 0 Å². The topological polar surface area (TPSA) is 91.4 Å². The normalized spacial score (nSPS) is 16.9. The van der Waals surface area contributed by atoms with Gasteiger partial charge in [-0.15, -0.1) is 0 Å². The first kappa shape index (κ1) is 17.6. The minimum Gasteiger partial charge on any atom is -0.382 e. The largest absolute Gasteiger partial charge is 0.382 e. The first-order chi connectivity index (χ1) is 13.5. The number of benzene rings is 2. The van der Waals surface area contributed by atoms with Crippen molar-refractivity contribution in [3.63, 3.8) is 0 Å². The number of carbonyl (C=O) groups is 1. The van der Waals surface area contributed by atoms with Gasteiger partial charge in [-0.1, -0.05) is 30.3 Å². The van der Waals surface area contributed by atoms with Crippen LogP contribution in [-0.2, 0) is 4.79 Å². The molecule has 0 fully saturated rings. The third kappa shape index (κ3) is 2.94. The molecule has 2 aliphatic rings. The Labute approximate surface area is 161 Å². The molecule has 0 N–H and O–H groups in total. The highest BCUT2D eigenvalue weighted by Crippen LogP contribution is 2.34. The van der Waals surface area contributed by atoms with Gasteiger partial charge in [-0.05, 0) is 6.07 Å². The number of rotatable bonds is 3. The van der Waals surface area contributed by atoms with Crippen molar-refractivity contribution < 1.29 is 9.72 Å². The van der Waals surface area contributed by atoms with E-state index in [4.69, 9.17) is 0 Å². The van der Waals surface area contributed by atoms with Crippen LogP contribution in [0.25, 0.3) is 0 Å². The lowest BCUT2D eigenvalue weighted by molar-refractivity contribution is -0.384. The van der Waals surface area contributed by atoms with Crippen molar-refractivity contribution in [2.24, 2.45) is 9.98 Å². The summed E-state index contributed by atoms with van der Waals surface area (Å²) in [5, 5.41) is 11.3. The number of hydrogen-bond donors (Lipinski definition) is 0.